The lowest BCUT2D eigenvalue weighted by Gasteiger charge is -2.10. The van der Waals surface area contributed by atoms with Crippen LogP contribution in [0.25, 0.3) is 0 Å². The molecule has 0 saturated heterocycles. The third-order valence-electron chi connectivity index (χ3n) is 4.76. The lowest BCUT2D eigenvalue weighted by Crippen LogP contribution is -2.24. The Labute approximate surface area is 165 Å². The summed E-state index contributed by atoms with van der Waals surface area (Å²) >= 11 is 0. The van der Waals surface area contributed by atoms with Crippen LogP contribution >= 0.6 is 0 Å². The van der Waals surface area contributed by atoms with Crippen LogP contribution in [0.3, 0.4) is 0 Å². The molecule has 0 bridgehead atoms. The highest BCUT2D eigenvalue weighted by molar-refractivity contribution is 6.00. The largest absolute Gasteiger partial charge is 0.462 e. The summed E-state index contributed by atoms with van der Waals surface area (Å²) in [6, 6.07) is 0. The van der Waals surface area contributed by atoms with Gasteiger partial charge in [-0.25, -0.2) is 4.79 Å². The molecule has 2 aromatic heterocycles. The number of anilines is 1. The zero-order valence-corrected chi connectivity index (χ0v) is 16.2. The Hall–Kier alpha value is -2.85. The van der Waals surface area contributed by atoms with Crippen LogP contribution in [0.4, 0.5) is 19.0 Å². The summed E-state index contributed by atoms with van der Waals surface area (Å²) in [4.78, 5) is 24.5. The van der Waals surface area contributed by atoms with E-state index < -0.39 is 30.3 Å². The Morgan fingerprint density at radius 3 is 2.66 bits per heavy atom. The van der Waals surface area contributed by atoms with Crippen molar-refractivity contribution in [1.29, 1.82) is 0 Å². The van der Waals surface area contributed by atoms with Crippen molar-refractivity contribution in [2.75, 3.05) is 11.9 Å². The predicted octanol–water partition coefficient (Wildman–Crippen LogP) is 2.72. The number of halogens is 3. The summed E-state index contributed by atoms with van der Waals surface area (Å²) in [5.74, 6) is -1.15. The van der Waals surface area contributed by atoms with Crippen LogP contribution in [0.2, 0.25) is 0 Å². The number of aryl methyl sites for hydroxylation is 1. The highest BCUT2D eigenvalue weighted by Gasteiger charge is 2.39. The maximum atomic E-state index is 13.4. The summed E-state index contributed by atoms with van der Waals surface area (Å²) in [6.45, 7) is 1.40. The average molecular weight is 413 g/mol. The van der Waals surface area contributed by atoms with E-state index in [2.05, 4.69) is 15.5 Å². The topological polar surface area (TPSA) is 91.0 Å². The number of alkyl halides is 3. The fourth-order valence-corrected chi connectivity index (χ4v) is 3.46. The van der Waals surface area contributed by atoms with Crippen LogP contribution in [0.5, 0.6) is 0 Å². The van der Waals surface area contributed by atoms with E-state index >= 15 is 0 Å². The standard InChI is InChI=1S/C18H22F3N5O3/c1-3-29-17(28)12-9-22-25(2)16(12)23-14(27)10-26-13-8-6-4-5-7-11(13)15(24-26)18(19,20)21/h9H,3-8,10H2,1-2H3,(H,23,27). The summed E-state index contributed by atoms with van der Waals surface area (Å²) in [7, 11) is 1.53. The van der Waals surface area contributed by atoms with Gasteiger partial charge in [-0.2, -0.15) is 23.4 Å². The molecule has 0 saturated carbocycles. The average Bonchev–Trinajstić information content (AvgIpc) is 3.06. The van der Waals surface area contributed by atoms with Crippen LogP contribution in [0, 0.1) is 0 Å². The number of carbonyl (C=O) groups is 2. The lowest BCUT2D eigenvalue weighted by atomic mass is 10.1. The van der Waals surface area contributed by atoms with Crippen molar-refractivity contribution in [3.63, 3.8) is 0 Å². The van der Waals surface area contributed by atoms with E-state index in [0.29, 0.717) is 25.0 Å². The number of amides is 1. The molecule has 3 rings (SSSR count). The van der Waals surface area contributed by atoms with Crippen molar-refractivity contribution in [2.45, 2.75) is 51.7 Å². The van der Waals surface area contributed by atoms with E-state index in [4.69, 9.17) is 4.74 Å². The first-order valence-corrected chi connectivity index (χ1v) is 9.37. The molecule has 2 aromatic rings. The van der Waals surface area contributed by atoms with E-state index in [1.807, 2.05) is 0 Å². The maximum absolute atomic E-state index is 13.4. The van der Waals surface area contributed by atoms with Crippen molar-refractivity contribution in [3.8, 4) is 0 Å². The van der Waals surface area contributed by atoms with Crippen molar-refractivity contribution in [2.24, 2.45) is 7.05 Å². The molecule has 0 aliphatic heterocycles. The van der Waals surface area contributed by atoms with Gasteiger partial charge in [0.25, 0.3) is 0 Å². The number of esters is 1. The molecule has 1 aliphatic rings. The quantitative estimate of drug-likeness (QED) is 0.601. The van der Waals surface area contributed by atoms with E-state index in [0.717, 1.165) is 17.5 Å². The summed E-state index contributed by atoms with van der Waals surface area (Å²) in [6.07, 6.45) is -0.356. The number of nitrogens with zero attached hydrogens (tertiary/aromatic N) is 4. The third kappa shape index (κ3) is 4.43. The zero-order chi connectivity index (χ0) is 21.2. The van der Waals surface area contributed by atoms with Gasteiger partial charge in [0.05, 0.1) is 12.8 Å². The molecule has 1 aliphatic carbocycles. The van der Waals surface area contributed by atoms with Gasteiger partial charge in [-0.3, -0.25) is 14.2 Å². The first-order chi connectivity index (χ1) is 13.7. The van der Waals surface area contributed by atoms with Crippen molar-refractivity contribution in [1.82, 2.24) is 19.6 Å². The molecule has 158 valence electrons. The Kier molecular flexibility index (Phi) is 5.94. The Balaban J connectivity index is 1.85. The fourth-order valence-electron chi connectivity index (χ4n) is 3.46. The zero-order valence-electron chi connectivity index (χ0n) is 16.2. The van der Waals surface area contributed by atoms with Gasteiger partial charge in [0.1, 0.15) is 17.9 Å². The lowest BCUT2D eigenvalue weighted by molar-refractivity contribution is -0.142. The molecule has 0 unspecified atom stereocenters. The Morgan fingerprint density at radius 2 is 1.97 bits per heavy atom. The van der Waals surface area contributed by atoms with Crippen molar-refractivity contribution < 1.29 is 27.5 Å². The molecular weight excluding hydrogens is 391 g/mol. The van der Waals surface area contributed by atoms with Gasteiger partial charge in [0.15, 0.2) is 5.69 Å². The third-order valence-corrected chi connectivity index (χ3v) is 4.76. The number of aromatic nitrogens is 4. The van der Waals surface area contributed by atoms with E-state index in [9.17, 15) is 22.8 Å². The van der Waals surface area contributed by atoms with Crippen molar-refractivity contribution in [3.05, 3.63) is 28.7 Å². The summed E-state index contributed by atoms with van der Waals surface area (Å²) < 4.78 is 47.5. The van der Waals surface area contributed by atoms with Crippen LogP contribution in [-0.4, -0.2) is 38.0 Å². The second-order valence-electron chi connectivity index (χ2n) is 6.79. The van der Waals surface area contributed by atoms with Gasteiger partial charge in [-0.1, -0.05) is 6.42 Å². The molecule has 8 nitrogen and oxygen atoms in total. The number of nitrogens with one attached hydrogen (secondary N) is 1. The molecule has 1 amide bonds. The van der Waals surface area contributed by atoms with E-state index in [1.54, 1.807) is 6.92 Å². The first kappa shape index (κ1) is 20.9. The fraction of sp³-hybridized carbons (Fsp3) is 0.556. The smallest absolute Gasteiger partial charge is 0.435 e. The molecule has 0 aromatic carbocycles. The number of carbonyl (C=O) groups excluding carboxylic acids is 2. The molecule has 0 atom stereocenters. The molecule has 0 fully saturated rings. The molecule has 0 spiro atoms. The minimum absolute atomic E-state index is 0.0676. The molecule has 11 heteroatoms. The first-order valence-electron chi connectivity index (χ1n) is 9.37. The van der Waals surface area contributed by atoms with E-state index in [1.165, 1.54) is 17.9 Å². The number of hydrogen-bond acceptors (Lipinski definition) is 5. The number of ether oxygens (including phenoxy) is 1. The molecule has 0 radical (unpaired) electrons. The van der Waals surface area contributed by atoms with Gasteiger partial charge >= 0.3 is 12.1 Å². The number of rotatable bonds is 5. The minimum Gasteiger partial charge on any atom is -0.462 e. The molecule has 2 heterocycles. The maximum Gasteiger partial charge on any atom is 0.435 e. The van der Waals surface area contributed by atoms with Crippen LogP contribution in [0.15, 0.2) is 6.20 Å². The SMILES string of the molecule is CCOC(=O)c1cnn(C)c1NC(=O)Cn1nc(C(F)(F)F)c2c1CCCCC2. The summed E-state index contributed by atoms with van der Waals surface area (Å²) in [5.41, 5.74) is -0.232. The highest BCUT2D eigenvalue weighted by atomic mass is 19.4. The minimum atomic E-state index is -4.57. The van der Waals surface area contributed by atoms with Crippen LogP contribution < -0.4 is 5.32 Å². The summed E-state index contributed by atoms with van der Waals surface area (Å²) in [5, 5.41) is 10.2. The van der Waals surface area contributed by atoms with Crippen molar-refractivity contribution >= 4 is 17.7 Å². The highest BCUT2D eigenvalue weighted by Crippen LogP contribution is 2.35. The molecular formula is C18H22F3N5O3. The second-order valence-corrected chi connectivity index (χ2v) is 6.79. The molecule has 1 N–H and O–H groups in total. The predicted molar refractivity (Wildman–Crippen MR) is 96.3 cm³/mol. The molecule has 29 heavy (non-hydrogen) atoms. The van der Waals surface area contributed by atoms with Gasteiger partial charge < -0.3 is 10.1 Å². The normalized spacial score (nSPS) is 14.2. The van der Waals surface area contributed by atoms with Gasteiger partial charge in [0.2, 0.25) is 5.91 Å². The monoisotopic (exact) mass is 413 g/mol. The van der Waals surface area contributed by atoms with E-state index in [-0.39, 0.29) is 23.6 Å². The Bertz CT molecular complexity index is 917. The number of hydrogen-bond donors (Lipinski definition) is 1. The van der Waals surface area contributed by atoms with Gasteiger partial charge in [0, 0.05) is 18.3 Å². The Morgan fingerprint density at radius 1 is 1.24 bits per heavy atom. The number of fused-ring (bicyclic) bond motifs is 1. The van der Waals surface area contributed by atoms with Crippen LogP contribution in [0.1, 0.15) is 53.5 Å². The second kappa shape index (κ2) is 8.26. The van der Waals surface area contributed by atoms with Gasteiger partial charge in [-0.05, 0) is 32.6 Å². The van der Waals surface area contributed by atoms with Gasteiger partial charge in [-0.15, -0.1) is 0 Å². The van der Waals surface area contributed by atoms with Crippen LogP contribution in [-0.2, 0) is 42.1 Å².